The van der Waals surface area contributed by atoms with Crippen LogP contribution >= 0.6 is 11.3 Å². The van der Waals surface area contributed by atoms with Crippen molar-refractivity contribution in [3.63, 3.8) is 0 Å². The first-order valence-electron chi connectivity index (χ1n) is 10.3. The van der Waals surface area contributed by atoms with Gasteiger partial charge in [-0.2, -0.15) is 0 Å². The molecule has 0 saturated heterocycles. The van der Waals surface area contributed by atoms with Crippen LogP contribution in [0, 0.1) is 13.8 Å². The quantitative estimate of drug-likeness (QED) is 0.448. The predicted octanol–water partition coefficient (Wildman–Crippen LogP) is 4.67. The molecule has 0 fully saturated rings. The van der Waals surface area contributed by atoms with Crippen LogP contribution in [-0.2, 0) is 19.6 Å². The zero-order valence-corrected chi connectivity index (χ0v) is 18.6. The van der Waals surface area contributed by atoms with Crippen LogP contribution in [0.4, 0.5) is 0 Å². The van der Waals surface area contributed by atoms with Gasteiger partial charge >= 0.3 is 0 Å². The van der Waals surface area contributed by atoms with Crippen LogP contribution in [0.15, 0.2) is 66.3 Å². The van der Waals surface area contributed by atoms with E-state index in [2.05, 4.69) is 26.3 Å². The summed E-state index contributed by atoms with van der Waals surface area (Å²) in [6.45, 7) is 5.82. The predicted molar refractivity (Wildman–Crippen MR) is 126 cm³/mol. The summed E-state index contributed by atoms with van der Waals surface area (Å²) in [5, 5.41) is 5.21. The molecule has 4 aromatic rings. The number of amides is 1. The standard InChI is InChI=1S/C25H26N4OS/c1-17-11-24(25(30)28-14-20-5-3-19(13-26)4-6-20)18(2)29(17)15-23-12-22(16-31-23)21-7-9-27-10-8-21/h3-12,16H,13-15,26H2,1-2H3,(H,28,30). The van der Waals surface area contributed by atoms with Crippen molar-refractivity contribution in [2.45, 2.75) is 33.5 Å². The molecule has 0 spiro atoms. The molecule has 6 heteroatoms. The van der Waals surface area contributed by atoms with Crippen molar-refractivity contribution in [1.82, 2.24) is 14.9 Å². The lowest BCUT2D eigenvalue weighted by Gasteiger charge is -2.09. The summed E-state index contributed by atoms with van der Waals surface area (Å²) < 4.78 is 2.20. The smallest absolute Gasteiger partial charge is 0.253 e. The van der Waals surface area contributed by atoms with Gasteiger partial charge in [0, 0.05) is 41.7 Å². The highest BCUT2D eigenvalue weighted by molar-refractivity contribution is 7.10. The molecule has 0 bridgehead atoms. The molecule has 5 nitrogen and oxygen atoms in total. The highest BCUT2D eigenvalue weighted by atomic mass is 32.1. The molecule has 0 aliphatic rings. The number of carbonyl (C=O) groups is 1. The summed E-state index contributed by atoms with van der Waals surface area (Å²) in [5.74, 6) is -0.0501. The zero-order chi connectivity index (χ0) is 21.8. The number of thiophene rings is 1. The molecule has 3 aromatic heterocycles. The number of aromatic nitrogens is 2. The van der Waals surface area contributed by atoms with Gasteiger partial charge < -0.3 is 15.6 Å². The lowest BCUT2D eigenvalue weighted by molar-refractivity contribution is 0.0950. The van der Waals surface area contributed by atoms with E-state index >= 15 is 0 Å². The molecule has 0 unspecified atom stereocenters. The van der Waals surface area contributed by atoms with Crippen LogP contribution in [0.5, 0.6) is 0 Å². The summed E-state index contributed by atoms with van der Waals surface area (Å²) in [4.78, 5) is 18.2. The number of nitrogens with zero attached hydrogens (tertiary/aromatic N) is 2. The fraction of sp³-hybridized carbons (Fsp3) is 0.200. The molecule has 1 aromatic carbocycles. The molecule has 0 aliphatic heterocycles. The second-order valence-electron chi connectivity index (χ2n) is 7.61. The highest BCUT2D eigenvalue weighted by Gasteiger charge is 2.16. The topological polar surface area (TPSA) is 72.9 Å². The SMILES string of the molecule is Cc1cc(C(=O)NCc2ccc(CN)cc2)c(C)n1Cc1cc(-c2ccncc2)cs1. The number of hydrogen-bond acceptors (Lipinski definition) is 4. The zero-order valence-electron chi connectivity index (χ0n) is 17.8. The number of carbonyl (C=O) groups excluding carboxylic acids is 1. The average molecular weight is 431 g/mol. The Hall–Kier alpha value is -3.22. The van der Waals surface area contributed by atoms with E-state index in [9.17, 15) is 4.79 Å². The van der Waals surface area contributed by atoms with Gasteiger partial charge in [-0.25, -0.2) is 0 Å². The minimum Gasteiger partial charge on any atom is -0.348 e. The Balaban J connectivity index is 1.45. The number of hydrogen-bond donors (Lipinski definition) is 2. The Labute approximate surface area is 186 Å². The van der Waals surface area contributed by atoms with Gasteiger partial charge in [0.15, 0.2) is 0 Å². The van der Waals surface area contributed by atoms with Crippen molar-refractivity contribution >= 4 is 17.2 Å². The van der Waals surface area contributed by atoms with Gasteiger partial charge in [-0.05, 0) is 65.7 Å². The number of aryl methyl sites for hydroxylation is 1. The first-order valence-corrected chi connectivity index (χ1v) is 11.1. The minimum absolute atomic E-state index is 0.0501. The summed E-state index contributed by atoms with van der Waals surface area (Å²) >= 11 is 1.73. The first-order chi connectivity index (χ1) is 15.0. The van der Waals surface area contributed by atoms with Crippen LogP contribution in [0.25, 0.3) is 11.1 Å². The van der Waals surface area contributed by atoms with Gasteiger partial charge in [-0.3, -0.25) is 9.78 Å². The van der Waals surface area contributed by atoms with Crippen LogP contribution in [0.1, 0.15) is 37.7 Å². The fourth-order valence-electron chi connectivity index (χ4n) is 3.66. The molecule has 0 atom stereocenters. The third-order valence-electron chi connectivity index (χ3n) is 5.51. The van der Waals surface area contributed by atoms with Crippen molar-refractivity contribution in [2.24, 2.45) is 5.73 Å². The van der Waals surface area contributed by atoms with Crippen LogP contribution in [-0.4, -0.2) is 15.5 Å². The van der Waals surface area contributed by atoms with E-state index < -0.39 is 0 Å². The van der Waals surface area contributed by atoms with Gasteiger partial charge in [-0.1, -0.05) is 24.3 Å². The van der Waals surface area contributed by atoms with Crippen molar-refractivity contribution in [2.75, 3.05) is 0 Å². The van der Waals surface area contributed by atoms with Crippen LogP contribution < -0.4 is 11.1 Å². The third-order valence-corrected chi connectivity index (χ3v) is 6.43. The van der Waals surface area contributed by atoms with E-state index in [1.54, 1.807) is 11.3 Å². The maximum Gasteiger partial charge on any atom is 0.253 e. The normalized spacial score (nSPS) is 10.9. The van der Waals surface area contributed by atoms with Gasteiger partial charge in [0.05, 0.1) is 12.1 Å². The van der Waals surface area contributed by atoms with Gasteiger partial charge in [0.2, 0.25) is 0 Å². The molecule has 3 N–H and O–H groups in total. The van der Waals surface area contributed by atoms with Crippen molar-refractivity contribution in [3.8, 4) is 11.1 Å². The summed E-state index contributed by atoms with van der Waals surface area (Å²) in [5.41, 5.74) is 12.9. The molecule has 1 amide bonds. The number of benzene rings is 1. The molecule has 4 rings (SSSR count). The summed E-state index contributed by atoms with van der Waals surface area (Å²) in [6.07, 6.45) is 3.62. The Morgan fingerprint density at radius 3 is 2.45 bits per heavy atom. The van der Waals surface area contributed by atoms with E-state index in [4.69, 9.17) is 5.73 Å². The Bertz CT molecular complexity index is 1180. The Morgan fingerprint density at radius 1 is 1.03 bits per heavy atom. The number of nitrogens with two attached hydrogens (primary N) is 1. The largest absolute Gasteiger partial charge is 0.348 e. The lowest BCUT2D eigenvalue weighted by atomic mass is 10.1. The van der Waals surface area contributed by atoms with Gasteiger partial charge in [-0.15, -0.1) is 11.3 Å². The van der Waals surface area contributed by atoms with Crippen molar-refractivity contribution in [3.05, 3.63) is 99.3 Å². The number of rotatable bonds is 7. The van der Waals surface area contributed by atoms with E-state index in [-0.39, 0.29) is 5.91 Å². The Kier molecular flexibility index (Phi) is 6.30. The van der Waals surface area contributed by atoms with E-state index in [1.165, 1.54) is 10.4 Å². The van der Waals surface area contributed by atoms with E-state index in [1.807, 2.05) is 68.7 Å². The second-order valence-corrected chi connectivity index (χ2v) is 8.61. The molecule has 3 heterocycles. The fourth-order valence-corrected chi connectivity index (χ4v) is 4.54. The van der Waals surface area contributed by atoms with Crippen LogP contribution in [0.2, 0.25) is 0 Å². The van der Waals surface area contributed by atoms with Crippen molar-refractivity contribution in [1.29, 1.82) is 0 Å². The number of nitrogens with one attached hydrogen (secondary N) is 1. The molecule has 0 radical (unpaired) electrons. The number of pyridine rings is 1. The average Bonchev–Trinajstić information content (AvgIpc) is 3.39. The second kappa shape index (κ2) is 9.29. The molecule has 0 aliphatic carbocycles. The monoisotopic (exact) mass is 430 g/mol. The Morgan fingerprint density at radius 2 is 1.74 bits per heavy atom. The van der Waals surface area contributed by atoms with E-state index in [0.717, 1.165) is 40.2 Å². The molecule has 158 valence electrons. The molecular weight excluding hydrogens is 404 g/mol. The minimum atomic E-state index is -0.0501. The van der Waals surface area contributed by atoms with Gasteiger partial charge in [0.1, 0.15) is 0 Å². The first kappa shape index (κ1) is 21.0. The maximum atomic E-state index is 12.8. The lowest BCUT2D eigenvalue weighted by Crippen LogP contribution is -2.23. The molecule has 0 saturated carbocycles. The maximum absolute atomic E-state index is 12.8. The van der Waals surface area contributed by atoms with Gasteiger partial charge in [0.25, 0.3) is 5.91 Å². The van der Waals surface area contributed by atoms with Crippen molar-refractivity contribution < 1.29 is 4.79 Å². The molecular formula is C25H26N4OS. The third kappa shape index (κ3) is 4.76. The summed E-state index contributed by atoms with van der Waals surface area (Å²) in [6, 6.07) is 16.2. The molecule has 31 heavy (non-hydrogen) atoms. The van der Waals surface area contributed by atoms with E-state index in [0.29, 0.717) is 13.1 Å². The van der Waals surface area contributed by atoms with Crippen LogP contribution in [0.3, 0.4) is 0 Å². The summed E-state index contributed by atoms with van der Waals surface area (Å²) in [7, 11) is 0. The highest BCUT2D eigenvalue weighted by Crippen LogP contribution is 2.27.